The molecule has 2 aromatic rings. The fourth-order valence-electron chi connectivity index (χ4n) is 1.74. The molecule has 0 fully saturated rings. The smallest absolute Gasteiger partial charge is 0.335 e. The van der Waals surface area contributed by atoms with Crippen LogP contribution in [-0.4, -0.2) is 28.1 Å². The number of allylic oxidation sites excluding steroid dienone is 1. The molecular weight excluding hydrogens is 324 g/mol. The van der Waals surface area contributed by atoms with Crippen LogP contribution >= 0.6 is 0 Å². The molecule has 1 amide bonds. The average molecular weight is 342 g/mol. The monoisotopic (exact) mass is 342 g/mol. The molecule has 0 saturated carbocycles. The number of carbonyl (C=O) groups excluding carboxylic acids is 1. The number of hydrogen-bond acceptors (Lipinski definition) is 4. The first-order valence-corrected chi connectivity index (χ1v) is 7.19. The van der Waals surface area contributed by atoms with Gasteiger partial charge in [-0.3, -0.25) is 4.79 Å². The maximum atomic E-state index is 11.1. The van der Waals surface area contributed by atoms with Crippen LogP contribution in [0, 0.1) is 0 Å². The van der Waals surface area contributed by atoms with Gasteiger partial charge in [-0.2, -0.15) is 0 Å². The van der Waals surface area contributed by atoms with Gasteiger partial charge in [0.25, 0.3) is 0 Å². The highest BCUT2D eigenvalue weighted by molar-refractivity contribution is 6.00. The largest absolute Gasteiger partial charge is 0.478 e. The number of carboxylic acids is 2. The maximum Gasteiger partial charge on any atom is 0.335 e. The maximum absolute atomic E-state index is 11.1. The first kappa shape index (κ1) is 19.4. The van der Waals surface area contributed by atoms with Crippen molar-refractivity contribution in [2.45, 2.75) is 6.92 Å². The molecule has 7 nitrogen and oxygen atoms in total. The van der Waals surface area contributed by atoms with Crippen molar-refractivity contribution in [1.82, 2.24) is 0 Å². The van der Waals surface area contributed by atoms with Gasteiger partial charge in [0, 0.05) is 11.4 Å². The molecule has 0 aliphatic heterocycles. The lowest BCUT2D eigenvalue weighted by molar-refractivity contribution is -0.111. The lowest BCUT2D eigenvalue weighted by Crippen LogP contribution is -2.08. The Morgan fingerprint density at radius 2 is 1.52 bits per heavy atom. The van der Waals surface area contributed by atoms with Crippen molar-refractivity contribution in [3.8, 4) is 0 Å². The number of benzene rings is 2. The van der Waals surface area contributed by atoms with Crippen LogP contribution in [-0.2, 0) is 4.79 Å². The summed E-state index contributed by atoms with van der Waals surface area (Å²) >= 11 is 0. The Labute approximate surface area is 144 Å². The molecule has 5 N–H and O–H groups in total. The Balaban J connectivity index is 0.000000271. The molecule has 2 rings (SSSR count). The summed E-state index contributed by atoms with van der Waals surface area (Å²) in [6, 6.07) is 12.3. The number of nitrogens with two attached hydrogens (primary N) is 1. The summed E-state index contributed by atoms with van der Waals surface area (Å²) < 4.78 is 0. The van der Waals surface area contributed by atoms with E-state index in [1.807, 2.05) is 0 Å². The Hall–Kier alpha value is -3.61. The number of rotatable bonds is 4. The molecule has 0 heterocycles. The van der Waals surface area contributed by atoms with Gasteiger partial charge in [0.05, 0.1) is 11.1 Å². The molecule has 0 radical (unpaired) electrons. The average Bonchev–Trinajstić information content (AvgIpc) is 2.56. The zero-order valence-corrected chi connectivity index (χ0v) is 13.5. The van der Waals surface area contributed by atoms with Crippen molar-refractivity contribution >= 4 is 29.2 Å². The normalized spacial score (nSPS) is 9.80. The minimum atomic E-state index is -1.02. The van der Waals surface area contributed by atoms with Crippen molar-refractivity contribution in [1.29, 1.82) is 0 Å². The fraction of sp³-hybridized carbons (Fsp3) is 0.0556. The van der Waals surface area contributed by atoms with Gasteiger partial charge in [-0.05, 0) is 49.4 Å². The molecule has 0 bridgehead atoms. The van der Waals surface area contributed by atoms with Gasteiger partial charge in [-0.15, -0.1) is 0 Å². The lowest BCUT2D eigenvalue weighted by Gasteiger charge is -2.02. The van der Waals surface area contributed by atoms with Crippen molar-refractivity contribution < 1.29 is 24.6 Å². The predicted molar refractivity (Wildman–Crippen MR) is 94.7 cm³/mol. The van der Waals surface area contributed by atoms with Crippen LogP contribution < -0.4 is 11.1 Å². The highest BCUT2D eigenvalue weighted by Gasteiger charge is 2.04. The van der Waals surface area contributed by atoms with E-state index in [4.69, 9.17) is 15.9 Å². The van der Waals surface area contributed by atoms with Gasteiger partial charge >= 0.3 is 11.9 Å². The van der Waals surface area contributed by atoms with Crippen LogP contribution in [0.1, 0.15) is 27.6 Å². The van der Waals surface area contributed by atoms with Crippen molar-refractivity contribution in [3.63, 3.8) is 0 Å². The predicted octanol–water partition coefficient (Wildman–Crippen LogP) is 2.87. The summed E-state index contributed by atoms with van der Waals surface area (Å²) in [5.74, 6) is -2.25. The van der Waals surface area contributed by atoms with E-state index in [2.05, 4.69) is 5.32 Å². The van der Waals surface area contributed by atoms with Gasteiger partial charge in [0.2, 0.25) is 5.91 Å². The summed E-state index contributed by atoms with van der Waals surface area (Å²) in [7, 11) is 0. The molecule has 0 aliphatic rings. The highest BCUT2D eigenvalue weighted by Crippen LogP contribution is 2.10. The molecule has 0 saturated heterocycles. The Morgan fingerprint density at radius 1 is 0.960 bits per heavy atom. The van der Waals surface area contributed by atoms with Crippen LogP contribution in [0.5, 0.6) is 0 Å². The van der Waals surface area contributed by atoms with Crippen molar-refractivity contribution in [3.05, 3.63) is 71.8 Å². The third-order valence-electron chi connectivity index (χ3n) is 2.83. The van der Waals surface area contributed by atoms with E-state index < -0.39 is 11.9 Å². The third kappa shape index (κ3) is 7.00. The summed E-state index contributed by atoms with van der Waals surface area (Å²) in [5.41, 5.74) is 6.64. The van der Waals surface area contributed by atoms with E-state index in [0.717, 1.165) is 0 Å². The van der Waals surface area contributed by atoms with Crippen LogP contribution in [0.15, 0.2) is 60.7 Å². The van der Waals surface area contributed by atoms with Gasteiger partial charge in [0.1, 0.15) is 0 Å². The van der Waals surface area contributed by atoms with Crippen molar-refractivity contribution in [2.24, 2.45) is 0 Å². The topological polar surface area (TPSA) is 130 Å². The number of anilines is 2. The number of nitrogen functional groups attached to an aromatic ring is 1. The first-order chi connectivity index (χ1) is 11.8. The molecule has 0 atom stereocenters. The zero-order valence-electron chi connectivity index (χ0n) is 13.5. The molecule has 0 aliphatic carbocycles. The number of carboxylic acid groups (broad SMARTS) is 2. The van der Waals surface area contributed by atoms with Gasteiger partial charge in [-0.1, -0.05) is 18.2 Å². The van der Waals surface area contributed by atoms with Crippen LogP contribution in [0.4, 0.5) is 11.4 Å². The second kappa shape index (κ2) is 9.51. The second-order valence-electron chi connectivity index (χ2n) is 4.81. The summed E-state index contributed by atoms with van der Waals surface area (Å²) in [5, 5.41) is 19.7. The van der Waals surface area contributed by atoms with Crippen LogP contribution in [0.2, 0.25) is 0 Å². The third-order valence-corrected chi connectivity index (χ3v) is 2.83. The Kier molecular flexibility index (Phi) is 7.39. The summed E-state index contributed by atoms with van der Waals surface area (Å²) in [6.07, 6.45) is 2.98. The van der Waals surface area contributed by atoms with E-state index in [9.17, 15) is 14.4 Å². The van der Waals surface area contributed by atoms with E-state index in [1.165, 1.54) is 30.3 Å². The fourth-order valence-corrected chi connectivity index (χ4v) is 1.74. The number of aromatic carboxylic acids is 2. The molecule has 0 aromatic heterocycles. The van der Waals surface area contributed by atoms with Crippen LogP contribution in [0.25, 0.3) is 0 Å². The molecular formula is C18H18N2O5. The number of hydrogen-bond donors (Lipinski definition) is 4. The molecule has 130 valence electrons. The van der Waals surface area contributed by atoms with Crippen LogP contribution in [0.3, 0.4) is 0 Å². The molecule has 2 aromatic carbocycles. The Morgan fingerprint density at radius 3 is 2.00 bits per heavy atom. The second-order valence-corrected chi connectivity index (χ2v) is 4.81. The van der Waals surface area contributed by atoms with E-state index in [0.29, 0.717) is 11.4 Å². The zero-order chi connectivity index (χ0) is 18.8. The Bertz CT molecular complexity index is 800. The van der Waals surface area contributed by atoms with E-state index in [-0.39, 0.29) is 17.0 Å². The minimum Gasteiger partial charge on any atom is -0.478 e. The highest BCUT2D eigenvalue weighted by atomic mass is 16.4. The summed E-state index contributed by atoms with van der Waals surface area (Å²) in [4.78, 5) is 32.1. The quantitative estimate of drug-likeness (QED) is 0.499. The van der Waals surface area contributed by atoms with E-state index in [1.54, 1.807) is 37.3 Å². The first-order valence-electron chi connectivity index (χ1n) is 7.19. The number of carbonyl (C=O) groups is 3. The van der Waals surface area contributed by atoms with E-state index >= 15 is 0 Å². The molecule has 25 heavy (non-hydrogen) atoms. The standard InChI is InChI=1S/C11H11NO3.C7H7NO2/c1-2-4-10(13)12-9-6-3-5-8(7-9)11(14)15;8-6-3-1-2-5(4-6)7(9)10/h2-7H,1H3,(H,12,13)(H,14,15);1-4H,8H2,(H,9,10)/b4-2+;. The molecule has 7 heteroatoms. The number of nitrogens with one attached hydrogen (secondary N) is 1. The number of amides is 1. The SMILES string of the molecule is C/C=C/C(=O)Nc1cccc(C(=O)O)c1.Nc1cccc(C(=O)O)c1. The molecule has 0 unspecified atom stereocenters. The van der Waals surface area contributed by atoms with Gasteiger partial charge in [-0.25, -0.2) is 9.59 Å². The van der Waals surface area contributed by atoms with Gasteiger partial charge in [0.15, 0.2) is 0 Å². The summed E-state index contributed by atoms with van der Waals surface area (Å²) in [6.45, 7) is 1.73. The minimum absolute atomic E-state index is 0.147. The molecule has 0 spiro atoms. The van der Waals surface area contributed by atoms with Gasteiger partial charge < -0.3 is 21.3 Å². The van der Waals surface area contributed by atoms with Crippen molar-refractivity contribution in [2.75, 3.05) is 11.1 Å². The lowest BCUT2D eigenvalue weighted by atomic mass is 10.2.